The number of hydrogen-bond donors (Lipinski definition) is 1. The summed E-state index contributed by atoms with van der Waals surface area (Å²) in [6, 6.07) is 3.56. The second-order valence-corrected chi connectivity index (χ2v) is 8.50. The molecule has 2 aromatic heterocycles. The second-order valence-electron chi connectivity index (χ2n) is 8.50. The summed E-state index contributed by atoms with van der Waals surface area (Å²) in [5, 5.41) is 9.53. The molecule has 1 saturated heterocycles. The predicted octanol–water partition coefficient (Wildman–Crippen LogP) is 3.41. The summed E-state index contributed by atoms with van der Waals surface area (Å²) < 4.78 is 49.1. The number of hydrazone groups is 1. The summed E-state index contributed by atoms with van der Waals surface area (Å²) in [4.78, 5) is 18.5. The number of anilines is 1. The number of carbonyl (C=O) groups excluding carboxylic acids is 1. The monoisotopic (exact) mass is 485 g/mol. The number of ether oxygens (including phenoxy) is 1. The van der Waals surface area contributed by atoms with E-state index >= 15 is 0 Å². The molecule has 0 spiro atoms. The van der Waals surface area contributed by atoms with Crippen molar-refractivity contribution in [2.24, 2.45) is 12.1 Å². The normalized spacial score (nSPS) is 17.7. The Morgan fingerprint density at radius 3 is 2.51 bits per heavy atom. The van der Waals surface area contributed by atoms with E-state index in [1.54, 1.807) is 18.7 Å². The molecule has 0 aliphatic carbocycles. The van der Waals surface area contributed by atoms with Crippen LogP contribution in [0.4, 0.5) is 23.7 Å². The number of pyridine rings is 1. The van der Waals surface area contributed by atoms with Gasteiger partial charge in [0.15, 0.2) is 11.6 Å². The van der Waals surface area contributed by atoms with Gasteiger partial charge in [-0.1, -0.05) is 0 Å². The SMILES string of the molecule is Cc1nn(C)c(-c2cc(OC3CN(C(=O)N4N=CCC4c4cc(F)cc(F)c4)C3)c(F)cn2)c1N. The molecule has 1 atom stereocenters. The van der Waals surface area contributed by atoms with Gasteiger partial charge in [-0.15, -0.1) is 0 Å². The zero-order valence-corrected chi connectivity index (χ0v) is 19.0. The van der Waals surface area contributed by atoms with Crippen LogP contribution in [0.1, 0.15) is 23.7 Å². The number of urea groups is 1. The molecule has 2 N–H and O–H groups in total. The Kier molecular flexibility index (Phi) is 5.58. The Hall–Kier alpha value is -4.09. The Labute approximate surface area is 198 Å². The first-order chi connectivity index (χ1) is 16.7. The van der Waals surface area contributed by atoms with Gasteiger partial charge >= 0.3 is 6.03 Å². The molecule has 9 nitrogen and oxygen atoms in total. The average molecular weight is 485 g/mol. The number of rotatable bonds is 4. The van der Waals surface area contributed by atoms with Crippen LogP contribution in [0.2, 0.25) is 0 Å². The van der Waals surface area contributed by atoms with Gasteiger partial charge in [0.1, 0.15) is 23.4 Å². The van der Waals surface area contributed by atoms with E-state index in [0.29, 0.717) is 34.8 Å². The van der Waals surface area contributed by atoms with E-state index in [1.165, 1.54) is 34.3 Å². The molecule has 2 aliphatic rings. The van der Waals surface area contributed by atoms with Gasteiger partial charge < -0.3 is 15.4 Å². The van der Waals surface area contributed by atoms with Gasteiger partial charge in [0, 0.05) is 31.8 Å². The Morgan fingerprint density at radius 2 is 1.86 bits per heavy atom. The zero-order valence-electron chi connectivity index (χ0n) is 19.0. The van der Waals surface area contributed by atoms with Crippen molar-refractivity contribution < 1.29 is 22.7 Å². The Morgan fingerprint density at radius 1 is 1.14 bits per heavy atom. The van der Waals surface area contributed by atoms with Crippen LogP contribution in [0, 0.1) is 24.4 Å². The summed E-state index contributed by atoms with van der Waals surface area (Å²) in [5.41, 5.74) is 8.43. The minimum absolute atomic E-state index is 0.0161. The topological polar surface area (TPSA) is 102 Å². The summed E-state index contributed by atoms with van der Waals surface area (Å²) in [5.74, 6) is -2.11. The zero-order chi connectivity index (χ0) is 24.9. The number of nitrogen functional groups attached to an aromatic ring is 1. The van der Waals surface area contributed by atoms with Crippen molar-refractivity contribution >= 4 is 17.9 Å². The maximum atomic E-state index is 14.4. The van der Waals surface area contributed by atoms with Crippen LogP contribution < -0.4 is 10.5 Å². The first kappa shape index (κ1) is 22.7. The molecule has 182 valence electrons. The van der Waals surface area contributed by atoms with E-state index < -0.39 is 35.6 Å². The number of halogens is 3. The molecular weight excluding hydrogens is 463 g/mol. The van der Waals surface area contributed by atoms with Crippen molar-refractivity contribution in [2.75, 3.05) is 18.8 Å². The first-order valence-corrected chi connectivity index (χ1v) is 10.9. The number of carbonyl (C=O) groups is 1. The number of amides is 2. The average Bonchev–Trinajstić information content (AvgIpc) is 3.35. The third-order valence-corrected chi connectivity index (χ3v) is 6.04. The van der Waals surface area contributed by atoms with E-state index in [4.69, 9.17) is 10.5 Å². The lowest BCUT2D eigenvalue weighted by molar-refractivity contribution is 0.0256. The molecule has 1 fully saturated rings. The number of aryl methyl sites for hydroxylation is 2. The van der Waals surface area contributed by atoms with Crippen LogP contribution in [0.15, 0.2) is 35.6 Å². The van der Waals surface area contributed by atoms with Gasteiger partial charge in [-0.05, 0) is 24.6 Å². The van der Waals surface area contributed by atoms with Crippen LogP contribution in [0.3, 0.4) is 0 Å². The van der Waals surface area contributed by atoms with Crippen LogP contribution in [0.25, 0.3) is 11.4 Å². The standard InChI is InChI=1S/C23H22F3N7O2/c1-12-21(27)22(31(2)30-12)18-8-20(17(26)9-28-18)35-16-10-32(11-16)23(34)33-19(3-4-29-33)13-5-14(24)7-15(25)6-13/h4-9,16,19H,3,10-11,27H2,1-2H3. The predicted molar refractivity (Wildman–Crippen MR) is 121 cm³/mol. The lowest BCUT2D eigenvalue weighted by Crippen LogP contribution is -2.58. The van der Waals surface area contributed by atoms with E-state index in [1.807, 2.05) is 0 Å². The van der Waals surface area contributed by atoms with E-state index in [-0.39, 0.29) is 18.8 Å². The van der Waals surface area contributed by atoms with Crippen molar-refractivity contribution in [3.05, 3.63) is 59.2 Å². The lowest BCUT2D eigenvalue weighted by Gasteiger charge is -2.41. The lowest BCUT2D eigenvalue weighted by atomic mass is 10.0. The molecular formula is C23H22F3N7O2. The van der Waals surface area contributed by atoms with Crippen molar-refractivity contribution in [2.45, 2.75) is 25.5 Å². The fourth-order valence-electron chi connectivity index (χ4n) is 4.25. The summed E-state index contributed by atoms with van der Waals surface area (Å²) in [7, 11) is 1.71. The minimum Gasteiger partial charge on any atom is -0.483 e. The van der Waals surface area contributed by atoms with Gasteiger partial charge in [0.2, 0.25) is 0 Å². The second kappa shape index (κ2) is 8.60. The van der Waals surface area contributed by atoms with Gasteiger partial charge in [0.25, 0.3) is 0 Å². The fraction of sp³-hybridized carbons (Fsp3) is 0.304. The van der Waals surface area contributed by atoms with Crippen LogP contribution >= 0.6 is 0 Å². The minimum atomic E-state index is -0.724. The number of likely N-dealkylation sites (tertiary alicyclic amines) is 1. The molecule has 3 aromatic rings. The molecule has 4 heterocycles. The van der Waals surface area contributed by atoms with Crippen LogP contribution in [-0.2, 0) is 7.05 Å². The summed E-state index contributed by atoms with van der Waals surface area (Å²) in [6.45, 7) is 2.15. The Bertz CT molecular complexity index is 1320. The highest BCUT2D eigenvalue weighted by molar-refractivity contribution is 5.79. The summed E-state index contributed by atoms with van der Waals surface area (Å²) >= 11 is 0. The number of nitrogens with zero attached hydrogens (tertiary/aromatic N) is 6. The van der Waals surface area contributed by atoms with Crippen molar-refractivity contribution in [1.29, 1.82) is 0 Å². The highest BCUT2D eigenvalue weighted by Crippen LogP contribution is 2.33. The van der Waals surface area contributed by atoms with Gasteiger partial charge in [-0.2, -0.15) is 10.2 Å². The van der Waals surface area contributed by atoms with E-state index in [2.05, 4.69) is 15.2 Å². The smallest absolute Gasteiger partial charge is 0.341 e. The summed E-state index contributed by atoms with van der Waals surface area (Å²) in [6.07, 6.45) is 2.46. The number of aromatic nitrogens is 3. The molecule has 0 radical (unpaired) electrons. The molecule has 2 aliphatic heterocycles. The maximum Gasteiger partial charge on any atom is 0.341 e. The Balaban J connectivity index is 1.26. The third-order valence-electron chi connectivity index (χ3n) is 6.04. The first-order valence-electron chi connectivity index (χ1n) is 10.9. The molecule has 35 heavy (non-hydrogen) atoms. The highest BCUT2D eigenvalue weighted by atomic mass is 19.1. The van der Waals surface area contributed by atoms with Crippen LogP contribution in [0.5, 0.6) is 5.75 Å². The third kappa shape index (κ3) is 4.15. The quantitative estimate of drug-likeness (QED) is 0.610. The van der Waals surface area contributed by atoms with Gasteiger partial charge in [-0.3, -0.25) is 9.67 Å². The number of benzene rings is 1. The largest absolute Gasteiger partial charge is 0.483 e. The molecule has 0 saturated carbocycles. The molecule has 12 heteroatoms. The molecule has 0 bridgehead atoms. The highest BCUT2D eigenvalue weighted by Gasteiger charge is 2.39. The maximum absolute atomic E-state index is 14.4. The van der Waals surface area contributed by atoms with Gasteiger partial charge in [-0.25, -0.2) is 23.0 Å². The van der Waals surface area contributed by atoms with Crippen molar-refractivity contribution in [3.8, 4) is 17.1 Å². The fourth-order valence-corrected chi connectivity index (χ4v) is 4.25. The van der Waals surface area contributed by atoms with Crippen molar-refractivity contribution in [1.82, 2.24) is 24.7 Å². The number of hydrogen-bond acceptors (Lipinski definition) is 6. The van der Waals surface area contributed by atoms with Crippen LogP contribution in [-0.4, -0.2) is 56.1 Å². The van der Waals surface area contributed by atoms with Crippen molar-refractivity contribution in [3.63, 3.8) is 0 Å². The van der Waals surface area contributed by atoms with Gasteiger partial charge in [0.05, 0.1) is 42.4 Å². The molecule has 2 amide bonds. The molecule has 5 rings (SSSR count). The molecule has 1 unspecified atom stereocenters. The van der Waals surface area contributed by atoms with E-state index in [9.17, 15) is 18.0 Å². The van der Waals surface area contributed by atoms with E-state index in [0.717, 1.165) is 12.3 Å². The molecule has 1 aromatic carbocycles. The number of nitrogens with two attached hydrogens (primary N) is 1.